The standard InChI is InChI=1S/C30H39NO4/c1-21(2)28(25-11-15-27(16-12-25)35-23(5)6)17-18-31(30(32)29-8-7-19-33-29)20-24-9-13-26(14-10-24)34-22(3)4/h7-16,19,21-23,28H,17-18,20H2,1-6H3. The van der Waals surface area contributed by atoms with Gasteiger partial charge in [0.2, 0.25) is 0 Å². The van der Waals surface area contributed by atoms with Gasteiger partial charge in [0.1, 0.15) is 11.5 Å². The number of amides is 1. The molecule has 0 saturated carbocycles. The Labute approximate surface area is 210 Å². The number of benzene rings is 2. The Balaban J connectivity index is 1.75. The van der Waals surface area contributed by atoms with Gasteiger partial charge < -0.3 is 18.8 Å². The Morgan fingerprint density at radius 3 is 1.89 bits per heavy atom. The van der Waals surface area contributed by atoms with E-state index in [9.17, 15) is 4.79 Å². The summed E-state index contributed by atoms with van der Waals surface area (Å²) in [5.74, 6) is 2.72. The van der Waals surface area contributed by atoms with E-state index in [0.29, 0.717) is 30.7 Å². The van der Waals surface area contributed by atoms with Crippen molar-refractivity contribution in [1.82, 2.24) is 4.90 Å². The van der Waals surface area contributed by atoms with E-state index >= 15 is 0 Å². The first-order valence-electron chi connectivity index (χ1n) is 12.6. The normalized spacial score (nSPS) is 12.3. The molecule has 1 atom stereocenters. The third-order valence-corrected chi connectivity index (χ3v) is 5.88. The van der Waals surface area contributed by atoms with E-state index in [4.69, 9.17) is 13.9 Å². The van der Waals surface area contributed by atoms with E-state index in [-0.39, 0.29) is 18.1 Å². The number of hydrogen-bond acceptors (Lipinski definition) is 4. The zero-order valence-electron chi connectivity index (χ0n) is 21.9. The zero-order valence-corrected chi connectivity index (χ0v) is 21.9. The van der Waals surface area contributed by atoms with Crippen molar-refractivity contribution in [3.8, 4) is 11.5 Å². The van der Waals surface area contributed by atoms with Gasteiger partial charge in [0.15, 0.2) is 5.76 Å². The monoisotopic (exact) mass is 477 g/mol. The van der Waals surface area contributed by atoms with Crippen LogP contribution in [0.15, 0.2) is 71.3 Å². The molecule has 0 bridgehead atoms. The van der Waals surface area contributed by atoms with E-state index in [1.165, 1.54) is 5.56 Å². The molecule has 1 unspecified atom stereocenters. The van der Waals surface area contributed by atoms with Crippen LogP contribution in [0.1, 0.15) is 75.6 Å². The van der Waals surface area contributed by atoms with Gasteiger partial charge in [0.05, 0.1) is 18.5 Å². The quantitative estimate of drug-likeness (QED) is 0.274. The molecule has 5 nitrogen and oxygen atoms in total. The second-order valence-corrected chi connectivity index (χ2v) is 9.89. The summed E-state index contributed by atoms with van der Waals surface area (Å²) in [6, 6.07) is 19.8. The van der Waals surface area contributed by atoms with Gasteiger partial charge in [-0.25, -0.2) is 0 Å². The second kappa shape index (κ2) is 12.5. The molecule has 0 N–H and O–H groups in total. The van der Waals surface area contributed by atoms with Crippen LogP contribution in [0.2, 0.25) is 0 Å². The molecule has 0 radical (unpaired) electrons. The molecule has 1 aromatic heterocycles. The summed E-state index contributed by atoms with van der Waals surface area (Å²) in [7, 11) is 0. The summed E-state index contributed by atoms with van der Waals surface area (Å²) < 4.78 is 17.0. The van der Waals surface area contributed by atoms with E-state index in [2.05, 4.69) is 26.0 Å². The predicted molar refractivity (Wildman–Crippen MR) is 140 cm³/mol. The molecule has 2 aromatic carbocycles. The molecule has 188 valence electrons. The molecule has 0 spiro atoms. The molecule has 0 aliphatic carbocycles. The van der Waals surface area contributed by atoms with Crippen molar-refractivity contribution in [3.63, 3.8) is 0 Å². The van der Waals surface area contributed by atoms with Crippen LogP contribution in [0.3, 0.4) is 0 Å². The lowest BCUT2D eigenvalue weighted by Gasteiger charge is -2.27. The predicted octanol–water partition coefficient (Wildman–Crippen LogP) is 7.33. The second-order valence-electron chi connectivity index (χ2n) is 9.89. The zero-order chi connectivity index (χ0) is 25.4. The van der Waals surface area contributed by atoms with Crippen LogP contribution >= 0.6 is 0 Å². The fraction of sp³-hybridized carbons (Fsp3) is 0.433. The number of nitrogens with zero attached hydrogens (tertiary/aromatic N) is 1. The van der Waals surface area contributed by atoms with Crippen LogP contribution < -0.4 is 9.47 Å². The molecule has 0 aliphatic heterocycles. The maximum Gasteiger partial charge on any atom is 0.289 e. The number of furan rings is 1. The first kappa shape index (κ1) is 26.4. The molecule has 1 amide bonds. The Morgan fingerprint density at radius 2 is 1.40 bits per heavy atom. The van der Waals surface area contributed by atoms with Gasteiger partial charge in [-0.1, -0.05) is 38.1 Å². The largest absolute Gasteiger partial charge is 0.491 e. The summed E-state index contributed by atoms with van der Waals surface area (Å²) >= 11 is 0. The van der Waals surface area contributed by atoms with Crippen molar-refractivity contribution < 1.29 is 18.7 Å². The lowest BCUT2D eigenvalue weighted by molar-refractivity contribution is 0.0702. The fourth-order valence-electron chi connectivity index (χ4n) is 4.22. The number of carbonyl (C=O) groups excluding carboxylic acids is 1. The van der Waals surface area contributed by atoms with Gasteiger partial charge >= 0.3 is 0 Å². The van der Waals surface area contributed by atoms with Crippen molar-refractivity contribution in [1.29, 1.82) is 0 Å². The average Bonchev–Trinajstić information content (AvgIpc) is 3.34. The van der Waals surface area contributed by atoms with Gasteiger partial charge in [0.25, 0.3) is 5.91 Å². The van der Waals surface area contributed by atoms with Crippen molar-refractivity contribution in [3.05, 3.63) is 83.8 Å². The van der Waals surface area contributed by atoms with Crippen LogP contribution in [0.25, 0.3) is 0 Å². The van der Waals surface area contributed by atoms with Crippen LogP contribution in [0, 0.1) is 5.92 Å². The molecule has 1 heterocycles. The van der Waals surface area contributed by atoms with E-state index in [1.54, 1.807) is 18.4 Å². The Morgan fingerprint density at radius 1 is 0.829 bits per heavy atom. The summed E-state index contributed by atoms with van der Waals surface area (Å²) in [5, 5.41) is 0. The smallest absolute Gasteiger partial charge is 0.289 e. The van der Waals surface area contributed by atoms with E-state index in [0.717, 1.165) is 23.5 Å². The minimum absolute atomic E-state index is 0.0966. The Bertz CT molecular complexity index is 1020. The van der Waals surface area contributed by atoms with Crippen LogP contribution in [0.4, 0.5) is 0 Å². The number of carbonyl (C=O) groups is 1. The molecule has 3 aromatic rings. The Kier molecular flexibility index (Phi) is 9.41. The number of rotatable bonds is 12. The molecule has 3 rings (SSSR count). The van der Waals surface area contributed by atoms with Crippen molar-refractivity contribution in [2.24, 2.45) is 5.92 Å². The van der Waals surface area contributed by atoms with Crippen molar-refractivity contribution >= 4 is 5.91 Å². The van der Waals surface area contributed by atoms with Crippen molar-refractivity contribution in [2.45, 2.75) is 72.6 Å². The first-order chi connectivity index (χ1) is 16.7. The fourth-order valence-corrected chi connectivity index (χ4v) is 4.22. The maximum absolute atomic E-state index is 13.3. The third kappa shape index (κ3) is 7.91. The number of hydrogen-bond donors (Lipinski definition) is 0. The lowest BCUT2D eigenvalue weighted by atomic mass is 9.85. The molecular weight excluding hydrogens is 438 g/mol. The van der Waals surface area contributed by atoms with E-state index in [1.807, 2.05) is 69.0 Å². The maximum atomic E-state index is 13.3. The van der Waals surface area contributed by atoms with Crippen LogP contribution in [0.5, 0.6) is 11.5 Å². The summed E-state index contributed by atoms with van der Waals surface area (Å²) in [6.45, 7) is 13.7. The minimum atomic E-state index is -0.0966. The molecular formula is C30H39NO4. The highest BCUT2D eigenvalue weighted by Crippen LogP contribution is 2.30. The third-order valence-electron chi connectivity index (χ3n) is 5.88. The van der Waals surface area contributed by atoms with Crippen molar-refractivity contribution in [2.75, 3.05) is 6.54 Å². The van der Waals surface area contributed by atoms with Gasteiger partial charge in [-0.2, -0.15) is 0 Å². The van der Waals surface area contributed by atoms with Gasteiger partial charge in [0, 0.05) is 13.1 Å². The minimum Gasteiger partial charge on any atom is -0.491 e. The molecule has 5 heteroatoms. The molecule has 0 fully saturated rings. The highest BCUT2D eigenvalue weighted by atomic mass is 16.5. The molecule has 0 saturated heterocycles. The summed E-state index contributed by atoms with van der Waals surface area (Å²) in [5.41, 5.74) is 2.31. The molecule has 0 aliphatic rings. The molecule has 35 heavy (non-hydrogen) atoms. The van der Waals surface area contributed by atoms with E-state index < -0.39 is 0 Å². The SMILES string of the molecule is CC(C)Oc1ccc(CN(CCC(c2ccc(OC(C)C)cc2)C(C)C)C(=O)c2ccco2)cc1. The Hall–Kier alpha value is -3.21. The average molecular weight is 478 g/mol. The van der Waals surface area contributed by atoms with Gasteiger partial charge in [-0.05, 0) is 93.5 Å². The highest BCUT2D eigenvalue weighted by Gasteiger charge is 2.23. The van der Waals surface area contributed by atoms with Gasteiger partial charge in [-0.15, -0.1) is 0 Å². The van der Waals surface area contributed by atoms with Crippen LogP contribution in [-0.4, -0.2) is 29.6 Å². The summed E-state index contributed by atoms with van der Waals surface area (Å²) in [6.07, 6.45) is 2.66. The topological polar surface area (TPSA) is 51.9 Å². The van der Waals surface area contributed by atoms with Gasteiger partial charge in [-0.3, -0.25) is 4.79 Å². The highest BCUT2D eigenvalue weighted by molar-refractivity contribution is 5.91. The number of ether oxygens (including phenoxy) is 2. The summed E-state index contributed by atoms with van der Waals surface area (Å²) in [4.78, 5) is 15.2. The van der Waals surface area contributed by atoms with Crippen LogP contribution in [-0.2, 0) is 6.54 Å². The first-order valence-corrected chi connectivity index (χ1v) is 12.6. The lowest BCUT2D eigenvalue weighted by Crippen LogP contribution is -2.32.